The maximum atomic E-state index is 5.83. The minimum absolute atomic E-state index is 0.117. The Kier molecular flexibility index (Phi) is 5.01. The minimum Gasteiger partial charge on any atom is -0.490 e. The van der Waals surface area contributed by atoms with Crippen LogP contribution in [0.5, 0.6) is 5.75 Å². The SMILES string of the molecule is [B]O[P@](c1ccccc1)c1ccccc1OC(C)C. The largest absolute Gasteiger partial charge is 0.490 e. The summed E-state index contributed by atoms with van der Waals surface area (Å²) in [4.78, 5) is 0. The fraction of sp³-hybridized carbons (Fsp3) is 0.200. The van der Waals surface area contributed by atoms with Crippen molar-refractivity contribution in [3.8, 4) is 5.75 Å². The summed E-state index contributed by atoms with van der Waals surface area (Å²) in [7, 11) is 4.46. The molecular weight excluding hydrogens is 254 g/mol. The molecule has 0 heterocycles. The van der Waals surface area contributed by atoms with Crippen molar-refractivity contribution in [1.29, 1.82) is 0 Å². The molecule has 2 aromatic carbocycles. The number of para-hydroxylation sites is 1. The second kappa shape index (κ2) is 6.74. The van der Waals surface area contributed by atoms with E-state index in [1.807, 2.05) is 68.4 Å². The fourth-order valence-corrected chi connectivity index (χ4v) is 3.30. The Labute approximate surface area is 117 Å². The highest BCUT2D eigenvalue weighted by Crippen LogP contribution is 2.37. The standard InChI is InChI=1S/C15H16BO2P/c1-12(2)17-14-10-6-7-11-15(14)19(18-16)13-8-4-3-5-9-13/h3-12H,1-2H3/t19-/m1/s1. The number of hydrogen-bond acceptors (Lipinski definition) is 2. The Morgan fingerprint density at radius 3 is 2.21 bits per heavy atom. The molecule has 2 nitrogen and oxygen atoms in total. The van der Waals surface area contributed by atoms with Crippen LogP contribution in [0.25, 0.3) is 0 Å². The van der Waals surface area contributed by atoms with Crippen molar-refractivity contribution >= 4 is 26.8 Å². The van der Waals surface area contributed by atoms with Gasteiger partial charge in [-0.3, -0.25) is 0 Å². The molecular formula is C15H16BO2P. The van der Waals surface area contributed by atoms with Crippen molar-refractivity contribution in [2.24, 2.45) is 0 Å². The third kappa shape index (κ3) is 3.59. The first-order valence-corrected chi connectivity index (χ1v) is 7.46. The lowest BCUT2D eigenvalue weighted by Crippen LogP contribution is -2.18. The molecule has 2 rings (SSSR count). The monoisotopic (exact) mass is 270 g/mol. The highest BCUT2D eigenvalue weighted by molar-refractivity contribution is 7.69. The maximum Gasteiger partial charge on any atom is 0.289 e. The number of rotatable bonds is 5. The van der Waals surface area contributed by atoms with Crippen molar-refractivity contribution in [2.45, 2.75) is 20.0 Å². The molecule has 0 saturated heterocycles. The Bertz CT molecular complexity index is 517. The lowest BCUT2D eigenvalue weighted by molar-refractivity contribution is 0.244. The molecule has 0 aliphatic carbocycles. The predicted molar refractivity (Wildman–Crippen MR) is 81.7 cm³/mol. The van der Waals surface area contributed by atoms with Gasteiger partial charge in [-0.1, -0.05) is 42.5 Å². The molecule has 0 bridgehead atoms. The summed E-state index contributed by atoms with van der Waals surface area (Å²) in [6, 6.07) is 17.9. The molecule has 0 aliphatic heterocycles. The highest BCUT2D eigenvalue weighted by Gasteiger charge is 2.17. The molecule has 0 unspecified atom stereocenters. The molecule has 0 saturated carbocycles. The van der Waals surface area contributed by atoms with Gasteiger partial charge in [0.25, 0.3) is 8.05 Å². The van der Waals surface area contributed by atoms with Crippen LogP contribution in [0.4, 0.5) is 0 Å². The Morgan fingerprint density at radius 2 is 1.58 bits per heavy atom. The summed E-state index contributed by atoms with van der Waals surface area (Å²) in [6.45, 7) is 4.01. The average molecular weight is 270 g/mol. The van der Waals surface area contributed by atoms with E-state index in [0.717, 1.165) is 16.4 Å². The molecule has 0 spiro atoms. The smallest absolute Gasteiger partial charge is 0.289 e. The van der Waals surface area contributed by atoms with Gasteiger partial charge in [-0.25, -0.2) is 0 Å². The van der Waals surface area contributed by atoms with Gasteiger partial charge in [0, 0.05) is 10.6 Å². The first kappa shape index (κ1) is 14.1. The lowest BCUT2D eigenvalue weighted by Gasteiger charge is -2.21. The zero-order valence-electron chi connectivity index (χ0n) is 11.1. The van der Waals surface area contributed by atoms with Gasteiger partial charge in [-0.05, 0) is 26.0 Å². The van der Waals surface area contributed by atoms with Crippen LogP contribution >= 0.6 is 8.15 Å². The number of ether oxygens (including phenoxy) is 1. The molecule has 0 aromatic heterocycles. The summed E-state index contributed by atoms with van der Waals surface area (Å²) >= 11 is 0. The van der Waals surface area contributed by atoms with E-state index < -0.39 is 8.15 Å². The third-order valence-corrected chi connectivity index (χ3v) is 4.33. The molecule has 0 amide bonds. The lowest BCUT2D eigenvalue weighted by atomic mass is 10.3. The van der Waals surface area contributed by atoms with Crippen molar-refractivity contribution in [3.05, 3.63) is 54.6 Å². The molecule has 2 radical (unpaired) electrons. The molecule has 2 aromatic rings. The van der Waals surface area contributed by atoms with Gasteiger partial charge in [-0.15, -0.1) is 0 Å². The van der Waals surface area contributed by atoms with E-state index >= 15 is 0 Å². The molecule has 0 aliphatic rings. The van der Waals surface area contributed by atoms with E-state index in [0.29, 0.717) is 0 Å². The van der Waals surface area contributed by atoms with Crippen molar-refractivity contribution < 1.29 is 9.18 Å². The van der Waals surface area contributed by atoms with Gasteiger partial charge in [0.05, 0.1) is 14.3 Å². The molecule has 96 valence electrons. The van der Waals surface area contributed by atoms with Gasteiger partial charge in [-0.2, -0.15) is 0 Å². The van der Waals surface area contributed by atoms with Gasteiger partial charge in [0.1, 0.15) is 5.75 Å². The van der Waals surface area contributed by atoms with Crippen LogP contribution in [0.1, 0.15) is 13.8 Å². The van der Waals surface area contributed by atoms with Gasteiger partial charge in [0.2, 0.25) is 0 Å². The Hall–Kier alpha value is -1.31. The number of benzene rings is 2. The summed E-state index contributed by atoms with van der Waals surface area (Å²) in [5, 5.41) is 2.07. The van der Waals surface area contributed by atoms with Crippen LogP contribution in [0.2, 0.25) is 0 Å². The molecule has 4 heteroatoms. The molecule has 0 N–H and O–H groups in total. The van der Waals surface area contributed by atoms with E-state index in [2.05, 4.69) is 0 Å². The molecule has 19 heavy (non-hydrogen) atoms. The van der Waals surface area contributed by atoms with Crippen LogP contribution < -0.4 is 15.3 Å². The van der Waals surface area contributed by atoms with E-state index in [4.69, 9.17) is 17.2 Å². The van der Waals surface area contributed by atoms with Crippen LogP contribution in [-0.4, -0.2) is 14.2 Å². The topological polar surface area (TPSA) is 18.5 Å². The van der Waals surface area contributed by atoms with E-state index in [1.54, 1.807) is 0 Å². The normalized spacial score (nSPS) is 12.4. The van der Waals surface area contributed by atoms with Crippen molar-refractivity contribution in [2.75, 3.05) is 0 Å². The first-order valence-electron chi connectivity index (χ1n) is 6.20. The van der Waals surface area contributed by atoms with E-state index in [-0.39, 0.29) is 6.10 Å². The highest BCUT2D eigenvalue weighted by atomic mass is 31.1. The molecule has 1 atom stereocenters. The van der Waals surface area contributed by atoms with Crippen LogP contribution in [-0.2, 0) is 4.44 Å². The maximum absolute atomic E-state index is 5.83. The van der Waals surface area contributed by atoms with E-state index in [1.165, 1.54) is 0 Å². The first-order chi connectivity index (χ1) is 9.22. The average Bonchev–Trinajstić information content (AvgIpc) is 2.42. The van der Waals surface area contributed by atoms with E-state index in [9.17, 15) is 0 Å². The zero-order chi connectivity index (χ0) is 13.7. The van der Waals surface area contributed by atoms with Crippen molar-refractivity contribution in [1.82, 2.24) is 0 Å². The summed E-state index contributed by atoms with van der Waals surface area (Å²) in [5.74, 6) is 0.831. The second-order valence-electron chi connectivity index (χ2n) is 4.37. The molecule has 0 fully saturated rings. The summed E-state index contributed by atoms with van der Waals surface area (Å²) in [6.07, 6.45) is 0.117. The minimum atomic E-state index is -1.05. The summed E-state index contributed by atoms with van der Waals surface area (Å²) < 4.78 is 11.1. The van der Waals surface area contributed by atoms with Gasteiger partial charge < -0.3 is 9.18 Å². The van der Waals surface area contributed by atoms with Crippen LogP contribution in [0, 0.1) is 0 Å². The van der Waals surface area contributed by atoms with Crippen molar-refractivity contribution in [3.63, 3.8) is 0 Å². The third-order valence-electron chi connectivity index (χ3n) is 2.54. The van der Waals surface area contributed by atoms with Gasteiger partial charge >= 0.3 is 0 Å². The zero-order valence-corrected chi connectivity index (χ0v) is 12.0. The quantitative estimate of drug-likeness (QED) is 0.614. The Balaban J connectivity index is 2.38. The number of hydrogen-bond donors (Lipinski definition) is 0. The Morgan fingerprint density at radius 1 is 0.947 bits per heavy atom. The predicted octanol–water partition coefficient (Wildman–Crippen LogP) is 2.92. The van der Waals surface area contributed by atoms with Crippen LogP contribution in [0.15, 0.2) is 54.6 Å². The van der Waals surface area contributed by atoms with Gasteiger partial charge in [0.15, 0.2) is 0 Å². The summed E-state index contributed by atoms with van der Waals surface area (Å²) in [5.41, 5.74) is 0. The second-order valence-corrected chi connectivity index (χ2v) is 6.17. The fourth-order valence-electron chi connectivity index (χ4n) is 1.80. The van der Waals surface area contributed by atoms with Crippen LogP contribution in [0.3, 0.4) is 0 Å².